The second kappa shape index (κ2) is 7.66. The first kappa shape index (κ1) is 14.4. The zero-order valence-corrected chi connectivity index (χ0v) is 11.2. The normalized spacial score (nSPS) is 10.4. The van der Waals surface area contributed by atoms with Crippen LogP contribution < -0.4 is 15.4 Å². The zero-order valence-electron chi connectivity index (χ0n) is 11.2. The van der Waals surface area contributed by atoms with E-state index < -0.39 is 0 Å². The van der Waals surface area contributed by atoms with Gasteiger partial charge in [-0.15, -0.1) is 0 Å². The van der Waals surface area contributed by atoms with Gasteiger partial charge in [-0.05, 0) is 12.0 Å². The molecule has 0 atom stereocenters. The first-order valence-corrected chi connectivity index (χ1v) is 6.08. The molecule has 1 heterocycles. The Morgan fingerprint density at radius 2 is 2.28 bits per heavy atom. The van der Waals surface area contributed by atoms with Crippen molar-refractivity contribution in [2.45, 2.75) is 20.4 Å². The van der Waals surface area contributed by atoms with E-state index in [0.717, 1.165) is 5.56 Å². The Bertz CT molecular complexity index is 380. The van der Waals surface area contributed by atoms with Gasteiger partial charge in [-0.2, -0.15) is 0 Å². The zero-order chi connectivity index (χ0) is 13.4. The van der Waals surface area contributed by atoms with Crippen LogP contribution in [0.1, 0.15) is 19.4 Å². The summed E-state index contributed by atoms with van der Waals surface area (Å²) in [5, 5.41) is 5.92. The minimum atomic E-state index is 0.00607. The lowest BCUT2D eigenvalue weighted by molar-refractivity contribution is -0.120. The predicted octanol–water partition coefficient (Wildman–Crippen LogP) is 0.952. The van der Waals surface area contributed by atoms with Crippen molar-refractivity contribution in [1.82, 2.24) is 15.6 Å². The molecule has 0 saturated heterocycles. The molecular formula is C13H21N3O2. The summed E-state index contributed by atoms with van der Waals surface area (Å²) < 4.78 is 5.13. The van der Waals surface area contributed by atoms with E-state index in [4.69, 9.17) is 4.74 Å². The van der Waals surface area contributed by atoms with Gasteiger partial charge in [-0.25, -0.2) is 4.98 Å². The molecule has 18 heavy (non-hydrogen) atoms. The molecule has 0 unspecified atom stereocenters. The summed E-state index contributed by atoms with van der Waals surface area (Å²) in [7, 11) is 1.58. The first-order chi connectivity index (χ1) is 8.63. The molecule has 1 aromatic heterocycles. The summed E-state index contributed by atoms with van der Waals surface area (Å²) in [6.45, 7) is 5.69. The molecule has 100 valence electrons. The van der Waals surface area contributed by atoms with Crippen molar-refractivity contribution < 1.29 is 9.53 Å². The minimum absolute atomic E-state index is 0.00607. The van der Waals surface area contributed by atoms with Crippen LogP contribution in [0, 0.1) is 5.92 Å². The molecule has 0 aliphatic rings. The third-order valence-electron chi connectivity index (χ3n) is 2.35. The highest BCUT2D eigenvalue weighted by Crippen LogP contribution is 2.12. The quantitative estimate of drug-likeness (QED) is 0.757. The summed E-state index contributed by atoms with van der Waals surface area (Å²) in [5.74, 6) is 1.06. The number of nitrogens with zero attached hydrogens (tertiary/aromatic N) is 1. The number of carbonyl (C=O) groups excluding carboxylic acids is 1. The van der Waals surface area contributed by atoms with Crippen molar-refractivity contribution >= 4 is 5.91 Å². The molecule has 0 fully saturated rings. The van der Waals surface area contributed by atoms with Gasteiger partial charge in [-0.3, -0.25) is 4.79 Å². The van der Waals surface area contributed by atoms with E-state index in [2.05, 4.69) is 29.5 Å². The molecule has 1 rings (SSSR count). The van der Waals surface area contributed by atoms with Crippen molar-refractivity contribution in [3.63, 3.8) is 0 Å². The number of hydrogen-bond acceptors (Lipinski definition) is 4. The van der Waals surface area contributed by atoms with Crippen molar-refractivity contribution in [2.24, 2.45) is 5.92 Å². The van der Waals surface area contributed by atoms with Gasteiger partial charge < -0.3 is 15.4 Å². The van der Waals surface area contributed by atoms with Crippen LogP contribution in [0.2, 0.25) is 0 Å². The fourth-order valence-electron chi connectivity index (χ4n) is 1.43. The first-order valence-electron chi connectivity index (χ1n) is 6.08. The number of methoxy groups -OCH3 is 1. The van der Waals surface area contributed by atoms with Gasteiger partial charge >= 0.3 is 0 Å². The standard InChI is InChI=1S/C13H21N3O2/c1-10(2)7-16-12(17)9-14-8-11-5-4-6-15-13(11)18-3/h4-6,10,14H,7-9H2,1-3H3,(H,16,17). The molecule has 5 heteroatoms. The summed E-state index contributed by atoms with van der Waals surface area (Å²) in [5.41, 5.74) is 0.941. The Kier molecular flexibility index (Phi) is 6.14. The maximum Gasteiger partial charge on any atom is 0.233 e. The average molecular weight is 251 g/mol. The van der Waals surface area contributed by atoms with E-state index >= 15 is 0 Å². The maximum atomic E-state index is 11.5. The predicted molar refractivity (Wildman–Crippen MR) is 70.3 cm³/mol. The molecule has 5 nitrogen and oxygen atoms in total. The third kappa shape index (κ3) is 5.14. The molecule has 0 aliphatic carbocycles. The van der Waals surface area contributed by atoms with E-state index in [9.17, 15) is 4.79 Å². The molecular weight excluding hydrogens is 230 g/mol. The number of nitrogens with one attached hydrogen (secondary N) is 2. The maximum absolute atomic E-state index is 11.5. The van der Waals surface area contributed by atoms with Crippen molar-refractivity contribution in [1.29, 1.82) is 0 Å². The number of ether oxygens (including phenoxy) is 1. The highest BCUT2D eigenvalue weighted by Gasteiger charge is 2.05. The van der Waals surface area contributed by atoms with Crippen LogP contribution in [-0.2, 0) is 11.3 Å². The molecule has 0 radical (unpaired) electrons. The molecule has 2 N–H and O–H groups in total. The van der Waals surface area contributed by atoms with Crippen LogP contribution in [0.5, 0.6) is 5.88 Å². The lowest BCUT2D eigenvalue weighted by Gasteiger charge is -2.10. The van der Waals surface area contributed by atoms with Gasteiger partial charge in [0.1, 0.15) is 0 Å². The number of pyridine rings is 1. The summed E-state index contributed by atoms with van der Waals surface area (Å²) >= 11 is 0. The van der Waals surface area contributed by atoms with E-state index in [1.165, 1.54) is 0 Å². The van der Waals surface area contributed by atoms with Crippen molar-refractivity contribution in [2.75, 3.05) is 20.2 Å². The Morgan fingerprint density at radius 3 is 2.94 bits per heavy atom. The summed E-state index contributed by atoms with van der Waals surface area (Å²) in [6, 6.07) is 3.77. The second-order valence-electron chi connectivity index (χ2n) is 4.47. The lowest BCUT2D eigenvalue weighted by atomic mass is 10.2. The molecule has 0 spiro atoms. The van der Waals surface area contributed by atoms with Crippen molar-refractivity contribution in [3.8, 4) is 5.88 Å². The second-order valence-corrected chi connectivity index (χ2v) is 4.47. The third-order valence-corrected chi connectivity index (χ3v) is 2.35. The van der Waals surface area contributed by atoms with Crippen molar-refractivity contribution in [3.05, 3.63) is 23.9 Å². The molecule has 0 aliphatic heterocycles. The van der Waals surface area contributed by atoms with Crippen LogP contribution in [0.15, 0.2) is 18.3 Å². The number of hydrogen-bond donors (Lipinski definition) is 2. The molecule has 1 aromatic rings. The molecule has 0 aromatic carbocycles. The number of rotatable bonds is 7. The number of carbonyl (C=O) groups is 1. The Labute approximate surface area is 108 Å². The van der Waals surface area contributed by atoms with E-state index in [1.807, 2.05) is 12.1 Å². The van der Waals surface area contributed by atoms with Gasteiger partial charge in [0.15, 0.2) is 0 Å². The Hall–Kier alpha value is -1.62. The monoisotopic (exact) mass is 251 g/mol. The topological polar surface area (TPSA) is 63.2 Å². The van der Waals surface area contributed by atoms with Crippen LogP contribution in [0.25, 0.3) is 0 Å². The Balaban J connectivity index is 2.31. The number of aromatic nitrogens is 1. The van der Waals surface area contributed by atoms with Gasteiger partial charge in [0, 0.05) is 24.8 Å². The van der Waals surface area contributed by atoms with Gasteiger partial charge in [0.25, 0.3) is 0 Å². The molecule has 1 amide bonds. The van der Waals surface area contributed by atoms with E-state index in [1.54, 1.807) is 13.3 Å². The Morgan fingerprint density at radius 1 is 1.50 bits per heavy atom. The van der Waals surface area contributed by atoms with Gasteiger partial charge in [-0.1, -0.05) is 19.9 Å². The smallest absolute Gasteiger partial charge is 0.233 e. The van der Waals surface area contributed by atoms with Crippen LogP contribution in [0.3, 0.4) is 0 Å². The molecule has 0 bridgehead atoms. The van der Waals surface area contributed by atoms with E-state index in [-0.39, 0.29) is 5.91 Å². The van der Waals surface area contributed by atoms with Crippen LogP contribution in [-0.4, -0.2) is 31.1 Å². The average Bonchev–Trinajstić information content (AvgIpc) is 2.37. The lowest BCUT2D eigenvalue weighted by Crippen LogP contribution is -2.35. The van der Waals surface area contributed by atoms with E-state index in [0.29, 0.717) is 31.4 Å². The summed E-state index contributed by atoms with van der Waals surface area (Å²) in [6.07, 6.45) is 1.68. The largest absolute Gasteiger partial charge is 0.481 e. The minimum Gasteiger partial charge on any atom is -0.481 e. The fraction of sp³-hybridized carbons (Fsp3) is 0.538. The van der Waals surface area contributed by atoms with Gasteiger partial charge in [0.2, 0.25) is 11.8 Å². The van der Waals surface area contributed by atoms with Gasteiger partial charge in [0.05, 0.1) is 13.7 Å². The SMILES string of the molecule is COc1ncccc1CNCC(=O)NCC(C)C. The number of amides is 1. The fourth-order valence-corrected chi connectivity index (χ4v) is 1.43. The highest BCUT2D eigenvalue weighted by atomic mass is 16.5. The molecule has 0 saturated carbocycles. The van der Waals surface area contributed by atoms with Crippen LogP contribution in [0.4, 0.5) is 0 Å². The summed E-state index contributed by atoms with van der Waals surface area (Å²) in [4.78, 5) is 15.6. The highest BCUT2D eigenvalue weighted by molar-refractivity contribution is 5.77. The van der Waals surface area contributed by atoms with Crippen LogP contribution >= 0.6 is 0 Å².